The third kappa shape index (κ3) is 5.21. The van der Waals surface area contributed by atoms with Gasteiger partial charge in [0.05, 0.1) is 14.2 Å². The van der Waals surface area contributed by atoms with Crippen LogP contribution in [0.3, 0.4) is 0 Å². The third-order valence-electron chi connectivity index (χ3n) is 4.04. The standard InChI is InChI=1S/C18H19FO2.C2H4O2/c1-12-4-3-5-17(20-2)16(12)11-21-18-9-8-14(19)10-15(18)13-6-7-13;1-4-2-3/h3-5,8-10,13H,6-7,11H2,1-2H3;2H,1H3. The summed E-state index contributed by atoms with van der Waals surface area (Å²) in [5.41, 5.74) is 3.15. The minimum absolute atomic E-state index is 0.197. The summed E-state index contributed by atoms with van der Waals surface area (Å²) in [5, 5.41) is 0. The molecule has 3 rings (SSSR count). The van der Waals surface area contributed by atoms with Gasteiger partial charge in [0.2, 0.25) is 0 Å². The molecule has 0 unspecified atom stereocenters. The van der Waals surface area contributed by atoms with Gasteiger partial charge < -0.3 is 14.2 Å². The van der Waals surface area contributed by atoms with E-state index in [1.807, 2.05) is 25.1 Å². The molecule has 0 bridgehead atoms. The highest BCUT2D eigenvalue weighted by Gasteiger charge is 2.27. The van der Waals surface area contributed by atoms with Gasteiger partial charge in [-0.15, -0.1) is 0 Å². The van der Waals surface area contributed by atoms with E-state index in [1.54, 1.807) is 19.2 Å². The number of methoxy groups -OCH3 is 2. The van der Waals surface area contributed by atoms with Gasteiger partial charge in [0.1, 0.15) is 23.9 Å². The Morgan fingerprint density at radius 3 is 2.48 bits per heavy atom. The van der Waals surface area contributed by atoms with Crippen LogP contribution in [0.4, 0.5) is 4.39 Å². The van der Waals surface area contributed by atoms with Gasteiger partial charge in [0.25, 0.3) is 6.47 Å². The molecule has 5 heteroatoms. The number of carbonyl (C=O) groups is 1. The quantitative estimate of drug-likeness (QED) is 0.728. The molecular formula is C20H23FO4. The van der Waals surface area contributed by atoms with Gasteiger partial charge in [0, 0.05) is 11.1 Å². The zero-order valence-corrected chi connectivity index (χ0v) is 14.8. The fourth-order valence-electron chi connectivity index (χ4n) is 2.57. The Balaban J connectivity index is 0.000000511. The summed E-state index contributed by atoms with van der Waals surface area (Å²) >= 11 is 0. The van der Waals surface area contributed by atoms with E-state index < -0.39 is 0 Å². The molecule has 0 N–H and O–H groups in total. The predicted molar refractivity (Wildman–Crippen MR) is 93.5 cm³/mol. The Bertz CT molecular complexity index is 711. The number of hydrogen-bond donors (Lipinski definition) is 0. The van der Waals surface area contributed by atoms with Gasteiger partial charge in [-0.1, -0.05) is 12.1 Å². The Labute approximate surface area is 147 Å². The van der Waals surface area contributed by atoms with Crippen LogP contribution in [0.15, 0.2) is 36.4 Å². The maximum atomic E-state index is 13.4. The van der Waals surface area contributed by atoms with E-state index in [9.17, 15) is 4.39 Å². The second-order valence-electron chi connectivity index (χ2n) is 5.83. The molecule has 1 saturated carbocycles. The molecule has 0 heterocycles. The first-order chi connectivity index (χ1) is 12.1. The van der Waals surface area contributed by atoms with E-state index in [0.717, 1.165) is 41.0 Å². The molecule has 0 radical (unpaired) electrons. The van der Waals surface area contributed by atoms with Gasteiger partial charge >= 0.3 is 0 Å². The van der Waals surface area contributed by atoms with E-state index in [4.69, 9.17) is 14.3 Å². The lowest BCUT2D eigenvalue weighted by Gasteiger charge is -2.15. The minimum atomic E-state index is -0.197. The van der Waals surface area contributed by atoms with Crippen LogP contribution in [0.5, 0.6) is 11.5 Å². The molecular weight excluding hydrogens is 323 g/mol. The average molecular weight is 346 g/mol. The number of ether oxygens (including phenoxy) is 3. The average Bonchev–Trinajstić information content (AvgIpc) is 3.46. The summed E-state index contributed by atoms with van der Waals surface area (Å²) in [6.07, 6.45) is 2.24. The fourth-order valence-corrected chi connectivity index (χ4v) is 2.57. The topological polar surface area (TPSA) is 44.8 Å². The van der Waals surface area contributed by atoms with Crippen molar-refractivity contribution < 1.29 is 23.4 Å². The van der Waals surface area contributed by atoms with Crippen molar-refractivity contribution in [3.63, 3.8) is 0 Å². The second kappa shape index (κ2) is 9.06. The summed E-state index contributed by atoms with van der Waals surface area (Å²) in [4.78, 5) is 8.95. The number of carbonyl (C=O) groups excluding carboxylic acids is 1. The van der Waals surface area contributed by atoms with Gasteiger partial charge in [-0.3, -0.25) is 4.79 Å². The van der Waals surface area contributed by atoms with Crippen LogP contribution < -0.4 is 9.47 Å². The first kappa shape index (κ1) is 18.8. The zero-order chi connectivity index (χ0) is 18.2. The lowest BCUT2D eigenvalue weighted by atomic mass is 10.1. The van der Waals surface area contributed by atoms with E-state index in [1.165, 1.54) is 13.2 Å². The molecule has 1 aliphatic rings. The van der Waals surface area contributed by atoms with Gasteiger partial charge in [-0.05, 0) is 55.5 Å². The van der Waals surface area contributed by atoms with Crippen LogP contribution in [-0.4, -0.2) is 20.7 Å². The first-order valence-corrected chi connectivity index (χ1v) is 8.11. The second-order valence-corrected chi connectivity index (χ2v) is 5.83. The lowest BCUT2D eigenvalue weighted by molar-refractivity contribution is -0.126. The van der Waals surface area contributed by atoms with Crippen molar-refractivity contribution in [3.8, 4) is 11.5 Å². The summed E-state index contributed by atoms with van der Waals surface area (Å²) in [6, 6.07) is 10.7. The van der Waals surface area contributed by atoms with E-state index in [0.29, 0.717) is 19.0 Å². The SMILES string of the molecule is COC=O.COc1cccc(C)c1COc1ccc(F)cc1C1CC1. The van der Waals surface area contributed by atoms with Crippen molar-refractivity contribution in [2.45, 2.75) is 32.3 Å². The number of aryl methyl sites for hydroxylation is 1. The fraction of sp³-hybridized carbons (Fsp3) is 0.350. The molecule has 1 fully saturated rings. The zero-order valence-electron chi connectivity index (χ0n) is 14.8. The lowest BCUT2D eigenvalue weighted by Crippen LogP contribution is -2.03. The van der Waals surface area contributed by atoms with Crippen LogP contribution in [0.2, 0.25) is 0 Å². The van der Waals surface area contributed by atoms with Gasteiger partial charge in [0.15, 0.2) is 0 Å². The van der Waals surface area contributed by atoms with Gasteiger partial charge in [-0.2, -0.15) is 0 Å². The normalized spacial score (nSPS) is 12.6. The molecule has 0 aromatic heterocycles. The highest BCUT2D eigenvalue weighted by atomic mass is 19.1. The monoisotopic (exact) mass is 346 g/mol. The molecule has 4 nitrogen and oxygen atoms in total. The molecule has 134 valence electrons. The molecule has 25 heavy (non-hydrogen) atoms. The first-order valence-electron chi connectivity index (χ1n) is 8.11. The van der Waals surface area contributed by atoms with Crippen molar-refractivity contribution in [2.24, 2.45) is 0 Å². The van der Waals surface area contributed by atoms with Crippen molar-refractivity contribution >= 4 is 6.47 Å². The van der Waals surface area contributed by atoms with Crippen molar-refractivity contribution in [2.75, 3.05) is 14.2 Å². The van der Waals surface area contributed by atoms with Crippen LogP contribution in [0.1, 0.15) is 35.4 Å². The Hall–Kier alpha value is -2.56. The molecule has 2 aromatic carbocycles. The van der Waals surface area contributed by atoms with E-state index in [-0.39, 0.29) is 5.82 Å². The predicted octanol–water partition coefficient (Wildman–Crippen LogP) is 4.39. The largest absolute Gasteiger partial charge is 0.496 e. The highest BCUT2D eigenvalue weighted by molar-refractivity contribution is 5.42. The molecule has 0 spiro atoms. The summed E-state index contributed by atoms with van der Waals surface area (Å²) in [6.45, 7) is 2.84. The number of hydrogen-bond acceptors (Lipinski definition) is 4. The van der Waals surface area contributed by atoms with Crippen molar-refractivity contribution in [3.05, 3.63) is 58.9 Å². The molecule has 2 aromatic rings. The molecule has 0 amide bonds. The maximum Gasteiger partial charge on any atom is 0.292 e. The Morgan fingerprint density at radius 1 is 1.16 bits per heavy atom. The molecule has 0 saturated heterocycles. The third-order valence-corrected chi connectivity index (χ3v) is 4.04. The van der Waals surface area contributed by atoms with Crippen LogP contribution in [-0.2, 0) is 16.1 Å². The molecule has 0 atom stereocenters. The molecule has 0 aliphatic heterocycles. The van der Waals surface area contributed by atoms with Crippen LogP contribution in [0, 0.1) is 12.7 Å². The van der Waals surface area contributed by atoms with E-state index >= 15 is 0 Å². The number of halogens is 1. The summed E-state index contributed by atoms with van der Waals surface area (Å²) in [7, 11) is 2.97. The van der Waals surface area contributed by atoms with E-state index in [2.05, 4.69) is 4.74 Å². The Morgan fingerprint density at radius 2 is 1.88 bits per heavy atom. The van der Waals surface area contributed by atoms with Crippen LogP contribution in [0.25, 0.3) is 0 Å². The van der Waals surface area contributed by atoms with Crippen molar-refractivity contribution in [1.29, 1.82) is 0 Å². The summed E-state index contributed by atoms with van der Waals surface area (Å²) < 4.78 is 28.6. The van der Waals surface area contributed by atoms with Gasteiger partial charge in [-0.25, -0.2) is 4.39 Å². The molecule has 1 aliphatic carbocycles. The number of rotatable bonds is 6. The minimum Gasteiger partial charge on any atom is -0.496 e. The highest BCUT2D eigenvalue weighted by Crippen LogP contribution is 2.44. The maximum absolute atomic E-state index is 13.4. The van der Waals surface area contributed by atoms with Crippen LogP contribution >= 0.6 is 0 Å². The van der Waals surface area contributed by atoms with Crippen molar-refractivity contribution in [1.82, 2.24) is 0 Å². The number of benzene rings is 2. The Kier molecular flexibility index (Phi) is 6.81. The summed E-state index contributed by atoms with van der Waals surface area (Å²) in [5.74, 6) is 1.86. The smallest absolute Gasteiger partial charge is 0.292 e.